The molecule has 0 aliphatic carbocycles. The first-order valence-electron chi connectivity index (χ1n) is 8.41. The number of alkyl halides is 1. The van der Waals surface area contributed by atoms with Crippen LogP contribution in [0.3, 0.4) is 0 Å². The fourth-order valence-corrected chi connectivity index (χ4v) is 4.49. The number of aliphatic carboxylic acids is 1. The number of hydrogen-bond donors (Lipinski definition) is 2. The van der Waals surface area contributed by atoms with E-state index in [-0.39, 0.29) is 36.0 Å². The van der Waals surface area contributed by atoms with Crippen molar-refractivity contribution in [2.45, 2.75) is 17.8 Å². The Labute approximate surface area is 173 Å². The fourth-order valence-electron chi connectivity index (χ4n) is 3.00. The van der Waals surface area contributed by atoms with E-state index in [9.17, 15) is 24.3 Å². The quantitative estimate of drug-likeness (QED) is 0.347. The van der Waals surface area contributed by atoms with Crippen molar-refractivity contribution in [3.63, 3.8) is 0 Å². The van der Waals surface area contributed by atoms with Crippen LogP contribution in [0, 0.1) is 0 Å². The molecule has 0 saturated carbocycles. The van der Waals surface area contributed by atoms with E-state index in [1.54, 1.807) is 12.1 Å². The smallest absolute Gasteiger partial charge is 0.353 e. The molecule has 1 aromatic carbocycles. The first kappa shape index (κ1) is 20.4. The lowest BCUT2D eigenvalue weighted by Gasteiger charge is -2.49. The topological polar surface area (TPSA) is 113 Å². The number of benzene rings is 1. The van der Waals surface area contributed by atoms with E-state index in [0.29, 0.717) is 5.33 Å². The zero-order chi connectivity index (χ0) is 20.3. The summed E-state index contributed by atoms with van der Waals surface area (Å²) in [6.45, 7) is 0.0927. The van der Waals surface area contributed by atoms with Crippen molar-refractivity contribution in [1.29, 1.82) is 0 Å². The Hall–Kier alpha value is -2.33. The number of carbonyl (C=O) groups is 4. The molecule has 10 heteroatoms. The van der Waals surface area contributed by atoms with Crippen LogP contribution in [0.4, 0.5) is 0 Å². The average molecular weight is 469 g/mol. The van der Waals surface area contributed by atoms with Gasteiger partial charge in [-0.25, -0.2) is 9.59 Å². The van der Waals surface area contributed by atoms with Gasteiger partial charge in [-0.3, -0.25) is 14.5 Å². The van der Waals surface area contributed by atoms with E-state index in [2.05, 4.69) is 21.2 Å². The number of esters is 1. The van der Waals surface area contributed by atoms with E-state index in [4.69, 9.17) is 4.74 Å². The van der Waals surface area contributed by atoms with Gasteiger partial charge in [0.2, 0.25) is 5.91 Å². The van der Waals surface area contributed by atoms with Crippen LogP contribution in [0.5, 0.6) is 0 Å². The summed E-state index contributed by atoms with van der Waals surface area (Å²) >= 11 is 4.34. The number of amides is 2. The number of carboxylic acid groups (broad SMARTS) is 1. The van der Waals surface area contributed by atoms with Gasteiger partial charge in [0.05, 0.1) is 12.0 Å². The Morgan fingerprint density at radius 2 is 2.00 bits per heavy atom. The molecule has 1 aromatic rings. The molecule has 3 rings (SSSR count). The molecule has 0 aromatic heterocycles. The SMILES string of the molecule is O=C(Cc1ccccc1)NC1C(=O)N2C(C(=O)O)=C(C(=O)OCCBr)CS[C@@H]12. The first-order valence-corrected chi connectivity index (χ1v) is 10.6. The second-order valence-electron chi connectivity index (χ2n) is 6.07. The molecular weight excluding hydrogens is 452 g/mol. The third-order valence-electron chi connectivity index (χ3n) is 4.25. The summed E-state index contributed by atoms with van der Waals surface area (Å²) < 4.78 is 4.98. The molecule has 8 nitrogen and oxygen atoms in total. The van der Waals surface area contributed by atoms with Crippen LogP contribution in [0.2, 0.25) is 0 Å². The van der Waals surface area contributed by atoms with Gasteiger partial charge in [-0.05, 0) is 5.56 Å². The number of carboxylic acids is 1. The number of nitrogens with zero attached hydrogens (tertiary/aromatic N) is 1. The largest absolute Gasteiger partial charge is 0.477 e. The van der Waals surface area contributed by atoms with Gasteiger partial charge in [0, 0.05) is 11.1 Å². The number of hydrogen-bond acceptors (Lipinski definition) is 6. The van der Waals surface area contributed by atoms with Crippen LogP contribution >= 0.6 is 27.7 Å². The van der Waals surface area contributed by atoms with Crippen molar-refractivity contribution in [2.75, 3.05) is 17.7 Å². The van der Waals surface area contributed by atoms with Crippen LogP contribution in [-0.4, -0.2) is 62.9 Å². The van der Waals surface area contributed by atoms with E-state index in [1.807, 2.05) is 18.2 Å². The normalized spacial score (nSPS) is 20.9. The molecule has 28 heavy (non-hydrogen) atoms. The minimum absolute atomic E-state index is 0.0582. The number of halogens is 1. The van der Waals surface area contributed by atoms with Crippen LogP contribution in [0.25, 0.3) is 0 Å². The lowest BCUT2D eigenvalue weighted by molar-refractivity contribution is -0.151. The molecule has 1 saturated heterocycles. The third-order valence-corrected chi connectivity index (χ3v) is 5.86. The number of ether oxygens (including phenoxy) is 1. The van der Waals surface area contributed by atoms with E-state index in [1.165, 1.54) is 11.8 Å². The number of thioether (sulfide) groups is 1. The van der Waals surface area contributed by atoms with Gasteiger partial charge in [0.25, 0.3) is 5.91 Å². The van der Waals surface area contributed by atoms with Crippen LogP contribution in [-0.2, 0) is 30.3 Å². The highest BCUT2D eigenvalue weighted by Gasteiger charge is 2.55. The van der Waals surface area contributed by atoms with Crippen molar-refractivity contribution in [1.82, 2.24) is 10.2 Å². The van der Waals surface area contributed by atoms with E-state index >= 15 is 0 Å². The number of carbonyl (C=O) groups excluding carboxylic acids is 3. The van der Waals surface area contributed by atoms with E-state index in [0.717, 1.165) is 10.5 Å². The molecule has 1 unspecified atom stereocenters. The van der Waals surface area contributed by atoms with Gasteiger partial charge < -0.3 is 15.2 Å². The highest BCUT2D eigenvalue weighted by Crippen LogP contribution is 2.40. The number of fused-ring (bicyclic) bond motifs is 1. The van der Waals surface area contributed by atoms with Crippen molar-refractivity contribution in [3.8, 4) is 0 Å². The first-order chi connectivity index (χ1) is 13.4. The molecule has 0 bridgehead atoms. The molecule has 1 fully saturated rings. The van der Waals surface area contributed by atoms with Crippen LogP contribution < -0.4 is 5.32 Å². The molecule has 0 radical (unpaired) electrons. The Bertz CT molecular complexity index is 844. The molecule has 2 aliphatic rings. The molecule has 2 atom stereocenters. The lowest BCUT2D eigenvalue weighted by atomic mass is 10.0. The maximum absolute atomic E-state index is 12.5. The lowest BCUT2D eigenvalue weighted by Crippen LogP contribution is -2.70. The number of β-lactam (4-membered cyclic amide) rings is 1. The Kier molecular flexibility index (Phi) is 6.40. The van der Waals surface area contributed by atoms with Gasteiger partial charge in [0.1, 0.15) is 23.7 Å². The fraction of sp³-hybridized carbons (Fsp3) is 0.333. The highest BCUT2D eigenvalue weighted by atomic mass is 79.9. The molecule has 148 valence electrons. The Balaban J connectivity index is 1.71. The van der Waals surface area contributed by atoms with Crippen LogP contribution in [0.1, 0.15) is 5.56 Å². The summed E-state index contributed by atoms with van der Waals surface area (Å²) in [6.07, 6.45) is 0.119. The minimum Gasteiger partial charge on any atom is -0.477 e. The summed E-state index contributed by atoms with van der Waals surface area (Å²) in [7, 11) is 0. The van der Waals surface area contributed by atoms with Gasteiger partial charge in [0.15, 0.2) is 0 Å². The summed E-state index contributed by atoms with van der Waals surface area (Å²) in [6, 6.07) is 8.26. The third kappa shape index (κ3) is 4.07. The van der Waals surface area contributed by atoms with Crippen molar-refractivity contribution >= 4 is 51.4 Å². The van der Waals surface area contributed by atoms with Gasteiger partial charge in [-0.15, -0.1) is 11.8 Å². The monoisotopic (exact) mass is 468 g/mol. The highest BCUT2D eigenvalue weighted by molar-refractivity contribution is 9.09. The summed E-state index contributed by atoms with van der Waals surface area (Å²) in [5, 5.41) is 12.0. The molecular formula is C18H17BrN2O6S. The summed E-state index contributed by atoms with van der Waals surface area (Å²) in [4.78, 5) is 49.6. The zero-order valence-corrected chi connectivity index (χ0v) is 17.0. The standard InChI is InChI=1S/C18H17BrN2O6S/c19-6-7-27-18(26)11-9-28-16-13(15(23)21(16)14(11)17(24)25)20-12(22)8-10-4-2-1-3-5-10/h1-5,13,16H,6-9H2,(H,20,22)(H,24,25)/t13?,16-/m0/s1. The number of rotatable bonds is 7. The van der Waals surface area contributed by atoms with Crippen molar-refractivity contribution in [2.24, 2.45) is 0 Å². The van der Waals surface area contributed by atoms with Gasteiger partial charge in [-0.2, -0.15) is 0 Å². The number of nitrogens with one attached hydrogen (secondary N) is 1. The van der Waals surface area contributed by atoms with Gasteiger partial charge >= 0.3 is 11.9 Å². The van der Waals surface area contributed by atoms with E-state index < -0.39 is 29.3 Å². The minimum atomic E-state index is -1.38. The van der Waals surface area contributed by atoms with Gasteiger partial charge in [-0.1, -0.05) is 46.3 Å². The van der Waals surface area contributed by atoms with Crippen LogP contribution in [0.15, 0.2) is 41.6 Å². The Morgan fingerprint density at radius 3 is 2.64 bits per heavy atom. The molecule has 2 N–H and O–H groups in total. The molecule has 2 aliphatic heterocycles. The summed E-state index contributed by atoms with van der Waals surface area (Å²) in [5.74, 6) is -2.93. The van der Waals surface area contributed by atoms with Crippen molar-refractivity contribution < 1.29 is 29.0 Å². The second kappa shape index (κ2) is 8.78. The molecule has 2 amide bonds. The predicted octanol–water partition coefficient (Wildman–Crippen LogP) is 0.906. The maximum atomic E-state index is 12.5. The summed E-state index contributed by atoms with van der Waals surface area (Å²) in [5.41, 5.74) is 0.377. The Morgan fingerprint density at radius 1 is 1.29 bits per heavy atom. The maximum Gasteiger partial charge on any atom is 0.353 e. The molecule has 2 heterocycles. The zero-order valence-electron chi connectivity index (χ0n) is 14.6. The average Bonchev–Trinajstić information content (AvgIpc) is 2.69. The molecule has 0 spiro atoms. The second-order valence-corrected chi connectivity index (χ2v) is 7.97. The predicted molar refractivity (Wildman–Crippen MR) is 105 cm³/mol. The van der Waals surface area contributed by atoms with Crippen molar-refractivity contribution in [3.05, 3.63) is 47.2 Å².